The van der Waals surface area contributed by atoms with Crippen LogP contribution in [0.15, 0.2) is 30.3 Å². The van der Waals surface area contributed by atoms with E-state index in [0.29, 0.717) is 16.9 Å². The van der Waals surface area contributed by atoms with Crippen molar-refractivity contribution in [2.75, 3.05) is 5.32 Å². The highest BCUT2D eigenvalue weighted by molar-refractivity contribution is 5.89. The lowest BCUT2D eigenvalue weighted by Gasteiger charge is -2.52. The van der Waals surface area contributed by atoms with Gasteiger partial charge in [0.15, 0.2) is 5.82 Å². The molecule has 2 amide bonds. The number of nitrogens with zero attached hydrogens (tertiary/aromatic N) is 2. The number of aromatic nitrogens is 2. The highest BCUT2D eigenvalue weighted by Gasteiger charge is 2.86. The molecule has 6 rings (SSSR count). The highest BCUT2D eigenvalue weighted by atomic mass is 16.2. The van der Waals surface area contributed by atoms with Crippen LogP contribution in [0, 0.1) is 22.7 Å². The van der Waals surface area contributed by atoms with E-state index in [-0.39, 0.29) is 6.03 Å². The van der Waals surface area contributed by atoms with Gasteiger partial charge in [-0.15, -0.1) is 0 Å². The molecular weight excluding hydrogens is 360 g/mol. The number of amides is 2. The molecule has 1 aromatic heterocycles. The molecular formula is C24H30N4O. The Labute approximate surface area is 172 Å². The van der Waals surface area contributed by atoms with Crippen molar-refractivity contribution in [1.29, 1.82) is 0 Å². The highest BCUT2D eigenvalue weighted by Crippen LogP contribution is 2.86. The molecule has 4 aliphatic carbocycles. The van der Waals surface area contributed by atoms with Crippen LogP contribution in [0.3, 0.4) is 0 Å². The van der Waals surface area contributed by atoms with Crippen LogP contribution in [0.5, 0.6) is 0 Å². The monoisotopic (exact) mass is 390 g/mol. The van der Waals surface area contributed by atoms with Gasteiger partial charge in [0.25, 0.3) is 0 Å². The minimum atomic E-state index is -0.0776. The van der Waals surface area contributed by atoms with Gasteiger partial charge in [0, 0.05) is 17.3 Å². The Kier molecular flexibility index (Phi) is 3.55. The number of anilines is 1. The molecule has 5 atom stereocenters. The van der Waals surface area contributed by atoms with Crippen molar-refractivity contribution in [3.8, 4) is 0 Å². The van der Waals surface area contributed by atoms with Gasteiger partial charge in [-0.05, 0) is 66.8 Å². The smallest absolute Gasteiger partial charge is 0.320 e. The topological polar surface area (TPSA) is 59.0 Å². The van der Waals surface area contributed by atoms with Gasteiger partial charge in [-0.3, -0.25) is 10.00 Å². The number of carbonyl (C=O) groups excluding carboxylic acids is 1. The van der Waals surface area contributed by atoms with Crippen molar-refractivity contribution in [2.24, 2.45) is 22.7 Å². The van der Waals surface area contributed by atoms with Crippen molar-refractivity contribution >= 4 is 11.8 Å². The summed E-state index contributed by atoms with van der Waals surface area (Å²) in [6.07, 6.45) is 7.01. The molecule has 4 aliphatic rings. The minimum Gasteiger partial charge on any atom is -0.334 e. The molecule has 5 nitrogen and oxygen atoms in total. The number of rotatable bonds is 4. The van der Waals surface area contributed by atoms with E-state index in [4.69, 9.17) is 5.10 Å². The molecule has 0 bridgehead atoms. The summed E-state index contributed by atoms with van der Waals surface area (Å²) in [7, 11) is 0. The van der Waals surface area contributed by atoms with Crippen LogP contribution in [0.25, 0.3) is 0 Å². The Morgan fingerprint density at radius 3 is 2.76 bits per heavy atom. The van der Waals surface area contributed by atoms with Gasteiger partial charge in [-0.1, -0.05) is 44.2 Å². The molecule has 1 heterocycles. The molecule has 5 unspecified atom stereocenters. The minimum absolute atomic E-state index is 0.0776. The van der Waals surface area contributed by atoms with Gasteiger partial charge >= 0.3 is 6.03 Å². The fourth-order valence-corrected chi connectivity index (χ4v) is 7.48. The summed E-state index contributed by atoms with van der Waals surface area (Å²) in [5.74, 6) is 2.43. The Bertz CT molecular complexity index is 982. The maximum absolute atomic E-state index is 12.9. The largest absolute Gasteiger partial charge is 0.334 e. The average Bonchev–Trinajstić information content (AvgIpc) is 2.95. The van der Waals surface area contributed by atoms with E-state index in [0.717, 1.165) is 37.0 Å². The van der Waals surface area contributed by atoms with Gasteiger partial charge in [-0.25, -0.2) is 4.79 Å². The molecule has 152 valence electrons. The van der Waals surface area contributed by atoms with E-state index in [1.165, 1.54) is 42.5 Å². The molecule has 0 aliphatic heterocycles. The molecule has 2 aromatic rings. The van der Waals surface area contributed by atoms with E-state index in [1.807, 2.05) is 6.07 Å². The predicted molar refractivity (Wildman–Crippen MR) is 113 cm³/mol. The number of hydrogen-bond donors (Lipinski definition) is 2. The summed E-state index contributed by atoms with van der Waals surface area (Å²) in [6.45, 7) is 5.49. The van der Waals surface area contributed by atoms with Crippen molar-refractivity contribution in [3.63, 3.8) is 0 Å². The third kappa shape index (κ3) is 2.33. The molecule has 0 radical (unpaired) electrons. The predicted octanol–water partition coefficient (Wildman–Crippen LogP) is 4.37. The number of nitrogens with one attached hydrogen (secondary N) is 2. The lowest BCUT2D eigenvalue weighted by atomic mass is 9.57. The molecule has 0 saturated heterocycles. The molecule has 3 saturated carbocycles. The Balaban J connectivity index is 1.21. The van der Waals surface area contributed by atoms with Gasteiger partial charge in [0.1, 0.15) is 0 Å². The Morgan fingerprint density at radius 2 is 2.00 bits per heavy atom. The molecule has 29 heavy (non-hydrogen) atoms. The molecule has 0 spiro atoms. The first kappa shape index (κ1) is 17.5. The zero-order valence-electron chi connectivity index (χ0n) is 17.4. The van der Waals surface area contributed by atoms with Gasteiger partial charge < -0.3 is 5.32 Å². The lowest BCUT2D eigenvalue weighted by Crippen LogP contribution is -2.61. The van der Waals surface area contributed by atoms with Crippen LogP contribution in [-0.4, -0.2) is 21.9 Å². The first-order valence-corrected chi connectivity index (χ1v) is 11.2. The summed E-state index contributed by atoms with van der Waals surface area (Å²) in [6, 6.07) is 10.7. The molecule has 1 aromatic carbocycles. The normalized spacial score (nSPS) is 36.0. The quantitative estimate of drug-likeness (QED) is 0.815. The lowest BCUT2D eigenvalue weighted by molar-refractivity contribution is 0.00473. The average molecular weight is 391 g/mol. The molecule has 3 fully saturated rings. The van der Waals surface area contributed by atoms with Crippen LogP contribution in [0.1, 0.15) is 56.4 Å². The van der Waals surface area contributed by atoms with E-state index >= 15 is 0 Å². The van der Waals surface area contributed by atoms with E-state index in [9.17, 15) is 4.79 Å². The van der Waals surface area contributed by atoms with Crippen molar-refractivity contribution in [1.82, 2.24) is 15.1 Å². The summed E-state index contributed by atoms with van der Waals surface area (Å²) >= 11 is 0. The maximum atomic E-state index is 12.9. The number of benzene rings is 1. The third-order valence-electron chi connectivity index (χ3n) is 8.69. The van der Waals surface area contributed by atoms with E-state index in [2.05, 4.69) is 53.4 Å². The Morgan fingerprint density at radius 1 is 1.21 bits per heavy atom. The van der Waals surface area contributed by atoms with E-state index < -0.39 is 0 Å². The fourth-order valence-electron chi connectivity index (χ4n) is 7.48. The number of hydrogen-bond acceptors (Lipinski definition) is 2. The van der Waals surface area contributed by atoms with Crippen molar-refractivity contribution < 1.29 is 4.79 Å². The van der Waals surface area contributed by atoms with E-state index in [1.54, 1.807) is 0 Å². The number of urea groups is 1. The van der Waals surface area contributed by atoms with Crippen LogP contribution >= 0.6 is 0 Å². The van der Waals surface area contributed by atoms with Gasteiger partial charge in [0.2, 0.25) is 0 Å². The van der Waals surface area contributed by atoms with Crippen LogP contribution < -0.4 is 10.6 Å². The van der Waals surface area contributed by atoms with Crippen LogP contribution in [-0.2, 0) is 19.4 Å². The van der Waals surface area contributed by atoms with Crippen LogP contribution in [0.2, 0.25) is 0 Å². The summed E-state index contributed by atoms with van der Waals surface area (Å²) < 4.78 is 2.10. The fraction of sp³-hybridized carbons (Fsp3) is 0.583. The first-order chi connectivity index (χ1) is 14.0. The van der Waals surface area contributed by atoms with Gasteiger partial charge in [-0.2, -0.15) is 5.10 Å². The maximum Gasteiger partial charge on any atom is 0.320 e. The SMILES string of the molecule is CC12CCC3C1C3(C)C2NC(=O)Nc1nn(Cc2ccccc2)c2c1CCCC2. The summed E-state index contributed by atoms with van der Waals surface area (Å²) in [5, 5.41) is 11.3. The second kappa shape index (κ2) is 5.87. The second-order valence-corrected chi connectivity index (χ2v) is 10.2. The van der Waals surface area contributed by atoms with Gasteiger partial charge in [0.05, 0.1) is 6.54 Å². The summed E-state index contributed by atoms with van der Waals surface area (Å²) in [5.41, 5.74) is 4.42. The second-order valence-electron chi connectivity index (χ2n) is 10.2. The molecule has 5 heteroatoms. The molecule has 2 N–H and O–H groups in total. The van der Waals surface area contributed by atoms with Crippen molar-refractivity contribution in [3.05, 3.63) is 47.2 Å². The summed E-state index contributed by atoms with van der Waals surface area (Å²) in [4.78, 5) is 12.9. The standard InChI is InChI=1S/C24H30N4O/c1-23-13-12-17-19(23)24(17,2)21(23)26-22(29)25-20-16-10-6-7-11-18(16)28(27-20)14-15-8-4-3-5-9-15/h3-5,8-9,17,19,21H,6-7,10-14H2,1-2H3,(H2,25,26,27,29). The van der Waals surface area contributed by atoms with Crippen LogP contribution in [0.4, 0.5) is 10.6 Å². The number of fused-ring (bicyclic) bond motifs is 2. The zero-order chi connectivity index (χ0) is 19.8. The first-order valence-electron chi connectivity index (χ1n) is 11.2. The Hall–Kier alpha value is -2.30. The number of carbonyl (C=O) groups is 1. The third-order valence-corrected chi connectivity index (χ3v) is 8.69. The van der Waals surface area contributed by atoms with Crippen molar-refractivity contribution in [2.45, 2.75) is 65.0 Å². The zero-order valence-corrected chi connectivity index (χ0v) is 17.4.